The Hall–Kier alpha value is -2.56. The highest BCUT2D eigenvalue weighted by atomic mass is 32.2. The predicted molar refractivity (Wildman–Crippen MR) is 127 cm³/mol. The van der Waals surface area contributed by atoms with Crippen molar-refractivity contribution in [2.24, 2.45) is 22.6 Å². The molecule has 0 aliphatic heterocycles. The van der Waals surface area contributed by atoms with Crippen LogP contribution in [0.5, 0.6) is 0 Å². The number of Topliss-reactive ketones (excluding diaryl/α,β-unsaturated/α-hetero) is 1. The number of nitrogens with one attached hydrogen (secondary N) is 2. The Labute approximate surface area is 202 Å². The van der Waals surface area contributed by atoms with Gasteiger partial charge in [0.25, 0.3) is 5.96 Å². The summed E-state index contributed by atoms with van der Waals surface area (Å²) in [6.07, 6.45) is 0.169. The van der Waals surface area contributed by atoms with Crippen molar-refractivity contribution in [3.8, 4) is 0 Å². The van der Waals surface area contributed by atoms with E-state index >= 15 is 0 Å². The Kier molecular flexibility index (Phi) is 12.1. The minimum absolute atomic E-state index is 0.00982. The number of guanidine groups is 1. The number of nitrogens with two attached hydrogens (primary N) is 1. The molecule has 0 saturated carbocycles. The van der Waals surface area contributed by atoms with Gasteiger partial charge in [-0.2, -0.15) is 11.3 Å². The second-order valence-electron chi connectivity index (χ2n) is 8.09. The maximum absolute atomic E-state index is 12.8. The SMILES string of the molecule is CC(C)C[C@H](NC(=O)[C@H](CCCN=C(N)N[N+](=O)[O-])CC(=O)CS(=O)(=O)c1ccsc1)B(O)O. The lowest BCUT2D eigenvalue weighted by molar-refractivity contribution is -0.525. The molecule has 1 amide bonds. The Bertz CT molecular complexity index is 954. The van der Waals surface area contributed by atoms with Crippen LogP contribution in [0.1, 0.15) is 39.5 Å². The van der Waals surface area contributed by atoms with Gasteiger partial charge in [0.2, 0.25) is 5.91 Å². The minimum Gasteiger partial charge on any atom is -0.426 e. The van der Waals surface area contributed by atoms with Crippen LogP contribution in [0.25, 0.3) is 0 Å². The van der Waals surface area contributed by atoms with E-state index in [1.165, 1.54) is 22.8 Å². The zero-order valence-electron chi connectivity index (χ0n) is 18.9. The van der Waals surface area contributed by atoms with Crippen molar-refractivity contribution in [2.45, 2.75) is 50.4 Å². The van der Waals surface area contributed by atoms with Crippen molar-refractivity contribution >= 4 is 45.9 Å². The first-order valence-electron chi connectivity index (χ1n) is 10.5. The number of nitrogens with zero attached hydrogens (tertiary/aromatic N) is 2. The number of thiophene rings is 1. The van der Waals surface area contributed by atoms with Crippen molar-refractivity contribution in [3.05, 3.63) is 26.9 Å². The molecule has 1 aromatic rings. The Morgan fingerprint density at radius 2 is 2.03 bits per heavy atom. The molecule has 2 atom stereocenters. The van der Waals surface area contributed by atoms with Gasteiger partial charge in [0.15, 0.2) is 14.9 Å². The van der Waals surface area contributed by atoms with E-state index in [2.05, 4.69) is 10.3 Å². The van der Waals surface area contributed by atoms with Gasteiger partial charge in [0.05, 0.1) is 10.8 Å². The maximum atomic E-state index is 12.8. The minimum atomic E-state index is -3.85. The van der Waals surface area contributed by atoms with Crippen molar-refractivity contribution in [3.63, 3.8) is 0 Å². The van der Waals surface area contributed by atoms with Crippen LogP contribution in [0.2, 0.25) is 0 Å². The van der Waals surface area contributed by atoms with Crippen LogP contribution in [0.3, 0.4) is 0 Å². The van der Waals surface area contributed by atoms with Gasteiger partial charge in [0, 0.05) is 24.3 Å². The summed E-state index contributed by atoms with van der Waals surface area (Å²) in [7, 11) is -5.67. The van der Waals surface area contributed by atoms with Crippen molar-refractivity contribution < 1.29 is 33.1 Å². The summed E-state index contributed by atoms with van der Waals surface area (Å²) in [5, 5.41) is 34.1. The summed E-state index contributed by atoms with van der Waals surface area (Å²) >= 11 is 1.17. The first-order chi connectivity index (χ1) is 15.8. The summed E-state index contributed by atoms with van der Waals surface area (Å²) in [6, 6.07) is 1.39. The van der Waals surface area contributed by atoms with Crippen molar-refractivity contribution in [1.29, 1.82) is 0 Å². The molecule has 0 saturated heterocycles. The van der Waals surface area contributed by atoms with Gasteiger partial charge < -0.3 is 21.1 Å². The molecule has 0 aliphatic carbocycles. The Morgan fingerprint density at radius 1 is 1.35 bits per heavy atom. The third kappa shape index (κ3) is 11.0. The highest BCUT2D eigenvalue weighted by molar-refractivity contribution is 7.92. The molecule has 0 aromatic carbocycles. The van der Waals surface area contributed by atoms with Crippen LogP contribution in [-0.4, -0.2) is 66.5 Å². The maximum Gasteiger partial charge on any atom is 0.475 e. The number of hydrogen-bond donors (Lipinski definition) is 5. The monoisotopic (exact) mass is 519 g/mol. The highest BCUT2D eigenvalue weighted by Crippen LogP contribution is 2.19. The second-order valence-corrected chi connectivity index (χ2v) is 10.9. The van der Waals surface area contributed by atoms with Gasteiger partial charge in [-0.05, 0) is 36.6 Å². The molecule has 6 N–H and O–H groups in total. The molecule has 1 heterocycles. The van der Waals surface area contributed by atoms with E-state index in [1.807, 2.05) is 13.8 Å². The molecule has 0 bridgehead atoms. The van der Waals surface area contributed by atoms with E-state index < -0.39 is 63.7 Å². The van der Waals surface area contributed by atoms with Crippen LogP contribution in [0.15, 0.2) is 26.7 Å². The largest absolute Gasteiger partial charge is 0.475 e. The fourth-order valence-electron chi connectivity index (χ4n) is 3.11. The molecule has 0 fully saturated rings. The number of ketones is 1. The summed E-state index contributed by atoms with van der Waals surface area (Å²) in [5.74, 6) is -4.42. The molecule has 190 valence electrons. The van der Waals surface area contributed by atoms with Crippen molar-refractivity contribution in [1.82, 2.24) is 10.7 Å². The first kappa shape index (κ1) is 29.5. The molecular weight excluding hydrogens is 489 g/mol. The molecule has 0 spiro atoms. The van der Waals surface area contributed by atoms with Crippen LogP contribution < -0.4 is 16.5 Å². The van der Waals surface area contributed by atoms with Crippen LogP contribution in [0, 0.1) is 22.0 Å². The number of nitro groups is 1. The van der Waals surface area contributed by atoms with Gasteiger partial charge >= 0.3 is 7.12 Å². The Morgan fingerprint density at radius 3 is 2.56 bits per heavy atom. The molecule has 1 aromatic heterocycles. The van der Waals surface area contributed by atoms with E-state index in [0.29, 0.717) is 0 Å². The zero-order chi connectivity index (χ0) is 25.9. The predicted octanol–water partition coefficient (Wildman–Crippen LogP) is -0.484. The van der Waals surface area contributed by atoms with E-state index in [9.17, 15) is 38.2 Å². The van der Waals surface area contributed by atoms with Crippen LogP contribution >= 0.6 is 11.3 Å². The number of rotatable bonds is 15. The lowest BCUT2D eigenvalue weighted by Gasteiger charge is -2.23. The van der Waals surface area contributed by atoms with E-state index in [4.69, 9.17) is 5.73 Å². The topological polar surface area (TPSA) is 214 Å². The normalized spacial score (nSPS) is 13.9. The van der Waals surface area contributed by atoms with Crippen LogP contribution in [0.4, 0.5) is 0 Å². The van der Waals surface area contributed by atoms with Gasteiger partial charge in [-0.1, -0.05) is 19.3 Å². The molecule has 1 rings (SSSR count). The smallest absolute Gasteiger partial charge is 0.426 e. The average Bonchev–Trinajstić information content (AvgIpc) is 3.24. The third-order valence-corrected chi connectivity index (χ3v) is 7.17. The number of carbonyl (C=O) groups excluding carboxylic acids is 2. The number of amides is 1. The molecule has 0 unspecified atom stereocenters. The van der Waals surface area contributed by atoms with E-state index in [0.717, 1.165) is 0 Å². The molecule has 34 heavy (non-hydrogen) atoms. The number of aliphatic imine (C=N–C) groups is 1. The zero-order valence-corrected chi connectivity index (χ0v) is 20.5. The van der Waals surface area contributed by atoms with Gasteiger partial charge in [0.1, 0.15) is 11.5 Å². The number of hydrogen-bond acceptors (Lipinski definition) is 10. The highest BCUT2D eigenvalue weighted by Gasteiger charge is 2.31. The van der Waals surface area contributed by atoms with E-state index in [-0.39, 0.29) is 36.6 Å². The van der Waals surface area contributed by atoms with Crippen LogP contribution in [-0.2, 0) is 19.4 Å². The second kappa shape index (κ2) is 14.0. The summed E-state index contributed by atoms with van der Waals surface area (Å²) in [4.78, 5) is 39.5. The summed E-state index contributed by atoms with van der Waals surface area (Å²) in [5.41, 5.74) is 7.01. The lowest BCUT2D eigenvalue weighted by Crippen LogP contribution is -2.49. The average molecular weight is 519 g/mol. The third-order valence-electron chi connectivity index (χ3n) is 4.66. The molecular formula is C18H30BN5O8S2. The fourth-order valence-corrected chi connectivity index (χ4v) is 5.45. The molecule has 0 radical (unpaired) electrons. The molecule has 0 aliphatic rings. The molecule has 13 nitrogen and oxygen atoms in total. The quantitative estimate of drug-likeness (QED) is 0.0501. The lowest BCUT2D eigenvalue weighted by atomic mass is 9.74. The first-order valence-corrected chi connectivity index (χ1v) is 13.1. The summed E-state index contributed by atoms with van der Waals surface area (Å²) < 4.78 is 24.8. The number of carbonyl (C=O) groups is 2. The standard InChI is InChI=1S/C18H30BN5O8S2/c1-12(2)8-16(19(27)28)22-17(26)13(4-3-6-21-18(20)23-24(29)30)9-14(25)11-34(31,32)15-5-7-33-10-15/h5,7,10,12-13,16,27-28H,3-4,6,8-9,11H2,1-2H3,(H,22,26)(H3,20,21,23)/t13-,16+/m1/s1. The van der Waals surface area contributed by atoms with Gasteiger partial charge in [-0.3, -0.25) is 9.59 Å². The number of hydrazine groups is 1. The Balaban J connectivity index is 2.89. The summed E-state index contributed by atoms with van der Waals surface area (Å²) in [6.45, 7) is 3.67. The van der Waals surface area contributed by atoms with Gasteiger partial charge in [-0.25, -0.2) is 23.5 Å². The number of sulfone groups is 1. The molecule has 16 heteroatoms. The van der Waals surface area contributed by atoms with Crippen molar-refractivity contribution in [2.75, 3.05) is 12.3 Å². The van der Waals surface area contributed by atoms with E-state index in [1.54, 1.807) is 10.8 Å². The van der Waals surface area contributed by atoms with Gasteiger partial charge in [-0.15, -0.1) is 0 Å². The fraction of sp³-hybridized carbons (Fsp3) is 0.611.